The first-order valence-electron chi connectivity index (χ1n) is 5.21. The Hall–Kier alpha value is -1.71. The molecule has 1 saturated heterocycles. The number of likely N-dealkylation sites (tertiary alicyclic amines) is 1. The van der Waals surface area contributed by atoms with Gasteiger partial charge >= 0.3 is 0 Å². The second-order valence-corrected chi connectivity index (χ2v) is 3.78. The first-order valence-corrected chi connectivity index (χ1v) is 5.21. The van der Waals surface area contributed by atoms with E-state index in [0.717, 1.165) is 10.5 Å². The Labute approximate surface area is 92.9 Å². The Morgan fingerprint density at radius 3 is 2.25 bits per heavy atom. The van der Waals surface area contributed by atoms with Crippen molar-refractivity contribution in [1.29, 1.82) is 0 Å². The number of benzene rings is 1. The predicted octanol–water partition coefficient (Wildman–Crippen LogP) is 1.67. The lowest BCUT2D eigenvalue weighted by Crippen LogP contribution is -2.37. The van der Waals surface area contributed by atoms with Gasteiger partial charge < -0.3 is 0 Å². The molecule has 3 nitrogen and oxygen atoms in total. The summed E-state index contributed by atoms with van der Waals surface area (Å²) >= 11 is 0. The van der Waals surface area contributed by atoms with E-state index in [1.54, 1.807) is 24.3 Å². The van der Waals surface area contributed by atoms with Crippen molar-refractivity contribution >= 4 is 11.8 Å². The third kappa shape index (κ3) is 2.10. The highest BCUT2D eigenvalue weighted by Gasteiger charge is 2.34. The fourth-order valence-corrected chi connectivity index (χ4v) is 1.81. The van der Waals surface area contributed by atoms with Crippen LogP contribution in [0.25, 0.3) is 0 Å². The number of carbonyl (C=O) groups is 2. The molecule has 1 aliphatic rings. The number of hydrogen-bond acceptors (Lipinski definition) is 2. The lowest BCUT2D eigenvalue weighted by molar-refractivity contribution is -0.144. The van der Waals surface area contributed by atoms with Gasteiger partial charge in [0.15, 0.2) is 6.30 Å². The Kier molecular flexibility index (Phi) is 2.99. The summed E-state index contributed by atoms with van der Waals surface area (Å²) in [6, 6.07) is 8.99. The maximum absolute atomic E-state index is 13.8. The van der Waals surface area contributed by atoms with Gasteiger partial charge in [-0.2, -0.15) is 0 Å². The van der Waals surface area contributed by atoms with Crippen LogP contribution >= 0.6 is 0 Å². The van der Waals surface area contributed by atoms with Crippen molar-refractivity contribution in [1.82, 2.24) is 4.90 Å². The van der Waals surface area contributed by atoms with Gasteiger partial charge in [-0.3, -0.25) is 14.5 Å². The van der Waals surface area contributed by atoms with Gasteiger partial charge in [0.05, 0.1) is 0 Å². The summed E-state index contributed by atoms with van der Waals surface area (Å²) in [5, 5.41) is 0. The second-order valence-electron chi connectivity index (χ2n) is 3.78. The molecule has 0 spiro atoms. The predicted molar refractivity (Wildman–Crippen MR) is 56.1 cm³/mol. The van der Waals surface area contributed by atoms with Gasteiger partial charge in [0.1, 0.15) is 0 Å². The highest BCUT2D eigenvalue weighted by Crippen LogP contribution is 2.19. The maximum atomic E-state index is 13.8. The molecule has 2 amide bonds. The number of halogens is 1. The van der Waals surface area contributed by atoms with Crippen molar-refractivity contribution in [3.63, 3.8) is 0 Å². The molecule has 0 aliphatic carbocycles. The number of alkyl halides is 1. The summed E-state index contributed by atoms with van der Waals surface area (Å²) in [6.45, 7) is 0. The molecule has 1 unspecified atom stereocenters. The number of nitrogens with zero attached hydrogens (tertiary/aromatic N) is 1. The number of carbonyl (C=O) groups excluding carboxylic acids is 2. The zero-order chi connectivity index (χ0) is 11.5. The van der Waals surface area contributed by atoms with E-state index in [2.05, 4.69) is 0 Å². The molecule has 4 heteroatoms. The summed E-state index contributed by atoms with van der Waals surface area (Å²) in [5.41, 5.74) is 0.780. The first-order chi connectivity index (χ1) is 7.68. The molecule has 0 aromatic heterocycles. The van der Waals surface area contributed by atoms with Crippen molar-refractivity contribution < 1.29 is 14.0 Å². The van der Waals surface area contributed by atoms with Crippen LogP contribution in [0.15, 0.2) is 30.3 Å². The molecule has 2 rings (SSSR count). The minimum absolute atomic E-state index is 0.0678. The Bertz CT molecular complexity index is 389. The van der Waals surface area contributed by atoms with Crippen LogP contribution in [0, 0.1) is 0 Å². The first kappa shape index (κ1) is 10.8. The van der Waals surface area contributed by atoms with Gasteiger partial charge in [0, 0.05) is 19.3 Å². The maximum Gasteiger partial charge on any atom is 0.232 e. The third-order valence-corrected chi connectivity index (χ3v) is 2.62. The molecule has 84 valence electrons. The minimum Gasteiger partial charge on any atom is -0.274 e. The van der Waals surface area contributed by atoms with Crippen LogP contribution in [-0.4, -0.2) is 23.0 Å². The SMILES string of the molecule is O=C1CCC(=O)N1C(F)Cc1ccccc1. The van der Waals surface area contributed by atoms with E-state index < -0.39 is 18.1 Å². The smallest absolute Gasteiger partial charge is 0.232 e. The van der Waals surface area contributed by atoms with E-state index in [0.29, 0.717) is 0 Å². The van der Waals surface area contributed by atoms with Crippen LogP contribution in [0.2, 0.25) is 0 Å². The van der Waals surface area contributed by atoms with Crippen LogP contribution in [0.4, 0.5) is 4.39 Å². The monoisotopic (exact) mass is 221 g/mol. The molecule has 1 heterocycles. The van der Waals surface area contributed by atoms with Gasteiger partial charge in [-0.05, 0) is 5.56 Å². The van der Waals surface area contributed by atoms with E-state index in [1.165, 1.54) is 0 Å². The molecule has 0 saturated carbocycles. The molecule has 0 N–H and O–H groups in total. The largest absolute Gasteiger partial charge is 0.274 e. The average Bonchev–Trinajstić information content (AvgIpc) is 2.60. The van der Waals surface area contributed by atoms with Crippen LogP contribution in [0.5, 0.6) is 0 Å². The van der Waals surface area contributed by atoms with Crippen molar-refractivity contribution in [3.8, 4) is 0 Å². The molecule has 1 fully saturated rings. The highest BCUT2D eigenvalue weighted by molar-refractivity contribution is 6.02. The normalized spacial score (nSPS) is 17.9. The zero-order valence-electron chi connectivity index (χ0n) is 8.73. The topological polar surface area (TPSA) is 37.4 Å². The summed E-state index contributed by atoms with van der Waals surface area (Å²) in [7, 11) is 0. The van der Waals surface area contributed by atoms with E-state index in [-0.39, 0.29) is 19.3 Å². The van der Waals surface area contributed by atoms with Crippen molar-refractivity contribution in [2.45, 2.75) is 25.6 Å². The van der Waals surface area contributed by atoms with Gasteiger partial charge in [0.2, 0.25) is 11.8 Å². The number of imide groups is 1. The fraction of sp³-hybridized carbons (Fsp3) is 0.333. The molecule has 1 aromatic rings. The number of amides is 2. The standard InChI is InChI=1S/C12H12FNO2/c13-10(8-9-4-2-1-3-5-9)14-11(15)6-7-12(14)16/h1-5,10H,6-8H2. The van der Waals surface area contributed by atoms with E-state index in [9.17, 15) is 14.0 Å². The molecule has 1 aromatic carbocycles. The summed E-state index contributed by atoms with van der Waals surface area (Å²) in [5.74, 6) is -0.818. The summed E-state index contributed by atoms with van der Waals surface area (Å²) in [6.07, 6.45) is -1.20. The summed E-state index contributed by atoms with van der Waals surface area (Å²) in [4.78, 5) is 23.3. The quantitative estimate of drug-likeness (QED) is 0.575. The van der Waals surface area contributed by atoms with E-state index >= 15 is 0 Å². The number of hydrogen-bond donors (Lipinski definition) is 0. The highest BCUT2D eigenvalue weighted by atomic mass is 19.1. The number of rotatable bonds is 3. The van der Waals surface area contributed by atoms with Gasteiger partial charge in [-0.15, -0.1) is 0 Å². The molecular formula is C12H12FNO2. The lowest BCUT2D eigenvalue weighted by Gasteiger charge is -2.18. The molecule has 1 aliphatic heterocycles. The van der Waals surface area contributed by atoms with Crippen molar-refractivity contribution in [2.75, 3.05) is 0 Å². The minimum atomic E-state index is -1.54. The van der Waals surface area contributed by atoms with Gasteiger partial charge in [-0.25, -0.2) is 4.39 Å². The molecule has 0 bridgehead atoms. The van der Waals surface area contributed by atoms with Crippen LogP contribution in [-0.2, 0) is 16.0 Å². The van der Waals surface area contributed by atoms with E-state index in [4.69, 9.17) is 0 Å². The third-order valence-electron chi connectivity index (χ3n) is 2.62. The van der Waals surface area contributed by atoms with Crippen LogP contribution in [0.1, 0.15) is 18.4 Å². The lowest BCUT2D eigenvalue weighted by atomic mass is 10.1. The van der Waals surface area contributed by atoms with E-state index in [1.807, 2.05) is 6.07 Å². The van der Waals surface area contributed by atoms with Gasteiger partial charge in [-0.1, -0.05) is 30.3 Å². The van der Waals surface area contributed by atoms with Crippen molar-refractivity contribution in [3.05, 3.63) is 35.9 Å². The van der Waals surface area contributed by atoms with Gasteiger partial charge in [0.25, 0.3) is 0 Å². The molecule has 16 heavy (non-hydrogen) atoms. The Balaban J connectivity index is 2.06. The Morgan fingerprint density at radius 1 is 1.12 bits per heavy atom. The van der Waals surface area contributed by atoms with Crippen LogP contribution in [0.3, 0.4) is 0 Å². The summed E-state index contributed by atoms with van der Waals surface area (Å²) < 4.78 is 13.8. The zero-order valence-corrected chi connectivity index (χ0v) is 8.73. The average molecular weight is 221 g/mol. The van der Waals surface area contributed by atoms with Crippen molar-refractivity contribution in [2.24, 2.45) is 0 Å². The Morgan fingerprint density at radius 2 is 1.69 bits per heavy atom. The molecule has 1 atom stereocenters. The second kappa shape index (κ2) is 4.43. The molecule has 0 radical (unpaired) electrons. The molecular weight excluding hydrogens is 209 g/mol. The fourth-order valence-electron chi connectivity index (χ4n) is 1.81. The van der Waals surface area contributed by atoms with Crippen LogP contribution < -0.4 is 0 Å².